The van der Waals surface area contributed by atoms with E-state index in [9.17, 15) is 17.2 Å². The van der Waals surface area contributed by atoms with Crippen molar-refractivity contribution >= 4 is 27.3 Å². The van der Waals surface area contributed by atoms with Crippen LogP contribution in [-0.4, -0.2) is 8.42 Å². The highest BCUT2D eigenvalue weighted by Crippen LogP contribution is 2.22. The Kier molecular flexibility index (Phi) is 3.96. The van der Waals surface area contributed by atoms with Gasteiger partial charge in [0.2, 0.25) is 0 Å². The SMILES string of the molecule is Cc1cc(S(=O)(=O)Nc2ccc(Cl)c(F)c2)ccc1F. The van der Waals surface area contributed by atoms with Crippen molar-refractivity contribution in [2.24, 2.45) is 0 Å². The van der Waals surface area contributed by atoms with Gasteiger partial charge in [-0.15, -0.1) is 0 Å². The summed E-state index contributed by atoms with van der Waals surface area (Å²) < 4.78 is 52.7. The van der Waals surface area contributed by atoms with Crippen LogP contribution < -0.4 is 4.72 Å². The standard InChI is InChI=1S/C13H10ClF2NO2S/c1-8-6-10(3-5-12(8)15)20(18,19)17-9-2-4-11(14)13(16)7-9/h2-7,17H,1H3. The van der Waals surface area contributed by atoms with Gasteiger partial charge in [-0.1, -0.05) is 11.6 Å². The number of anilines is 1. The Labute approximate surface area is 120 Å². The molecule has 0 saturated heterocycles. The lowest BCUT2D eigenvalue weighted by molar-refractivity contribution is 0.598. The molecule has 0 saturated carbocycles. The van der Waals surface area contributed by atoms with Crippen LogP contribution in [0.3, 0.4) is 0 Å². The number of hydrogen-bond acceptors (Lipinski definition) is 2. The van der Waals surface area contributed by atoms with E-state index in [1.165, 1.54) is 25.1 Å². The largest absolute Gasteiger partial charge is 0.280 e. The van der Waals surface area contributed by atoms with Crippen LogP contribution in [0, 0.1) is 18.6 Å². The lowest BCUT2D eigenvalue weighted by atomic mass is 10.2. The van der Waals surface area contributed by atoms with Crippen LogP contribution in [0.15, 0.2) is 41.3 Å². The van der Waals surface area contributed by atoms with Crippen LogP contribution in [0.2, 0.25) is 5.02 Å². The van der Waals surface area contributed by atoms with Crippen LogP contribution in [0.1, 0.15) is 5.56 Å². The summed E-state index contributed by atoms with van der Waals surface area (Å²) >= 11 is 5.51. The molecule has 0 radical (unpaired) electrons. The molecule has 0 aliphatic rings. The number of rotatable bonds is 3. The van der Waals surface area contributed by atoms with Crippen molar-refractivity contribution in [3.05, 3.63) is 58.6 Å². The predicted octanol–water partition coefficient (Wildman–Crippen LogP) is 3.73. The van der Waals surface area contributed by atoms with E-state index in [2.05, 4.69) is 4.72 Å². The maximum absolute atomic E-state index is 13.3. The zero-order valence-electron chi connectivity index (χ0n) is 10.3. The average Bonchev–Trinajstić information content (AvgIpc) is 2.37. The molecule has 2 aromatic carbocycles. The zero-order valence-corrected chi connectivity index (χ0v) is 11.9. The fraction of sp³-hybridized carbons (Fsp3) is 0.0769. The van der Waals surface area contributed by atoms with Gasteiger partial charge >= 0.3 is 0 Å². The molecule has 1 N–H and O–H groups in total. The van der Waals surface area contributed by atoms with Gasteiger partial charge < -0.3 is 0 Å². The Morgan fingerprint density at radius 1 is 1.05 bits per heavy atom. The van der Waals surface area contributed by atoms with Crippen molar-refractivity contribution in [3.63, 3.8) is 0 Å². The highest BCUT2D eigenvalue weighted by atomic mass is 35.5. The number of sulfonamides is 1. The lowest BCUT2D eigenvalue weighted by Gasteiger charge is -2.09. The molecule has 0 unspecified atom stereocenters. The van der Waals surface area contributed by atoms with Gasteiger partial charge in [0.05, 0.1) is 15.6 Å². The van der Waals surface area contributed by atoms with Crippen LogP contribution in [0.4, 0.5) is 14.5 Å². The summed E-state index contributed by atoms with van der Waals surface area (Å²) in [4.78, 5) is -0.105. The molecule has 0 bridgehead atoms. The van der Waals surface area contributed by atoms with E-state index in [-0.39, 0.29) is 21.2 Å². The summed E-state index contributed by atoms with van der Waals surface area (Å²) in [5.74, 6) is -1.23. The van der Waals surface area contributed by atoms with Gasteiger partial charge in [0.1, 0.15) is 11.6 Å². The summed E-state index contributed by atoms with van der Waals surface area (Å²) in [5, 5.41) is -0.106. The smallest absolute Gasteiger partial charge is 0.261 e. The first-order chi connectivity index (χ1) is 9.29. The molecular weight excluding hydrogens is 308 g/mol. The maximum atomic E-state index is 13.3. The molecule has 2 aromatic rings. The monoisotopic (exact) mass is 317 g/mol. The quantitative estimate of drug-likeness (QED) is 0.937. The molecule has 0 aliphatic carbocycles. The molecule has 0 fully saturated rings. The van der Waals surface area contributed by atoms with Crippen molar-refractivity contribution in [1.82, 2.24) is 0 Å². The normalized spacial score (nSPS) is 11.4. The minimum absolute atomic E-state index is 0.0360. The van der Waals surface area contributed by atoms with Gasteiger partial charge in [0, 0.05) is 0 Å². The first-order valence-corrected chi connectivity index (χ1v) is 7.40. The van der Waals surface area contributed by atoms with Gasteiger partial charge in [-0.3, -0.25) is 4.72 Å². The molecule has 0 heterocycles. The highest BCUT2D eigenvalue weighted by Gasteiger charge is 2.16. The van der Waals surface area contributed by atoms with Crippen LogP contribution in [0.5, 0.6) is 0 Å². The number of hydrogen-bond donors (Lipinski definition) is 1. The Morgan fingerprint density at radius 3 is 2.35 bits per heavy atom. The van der Waals surface area contributed by atoms with E-state index >= 15 is 0 Å². The number of halogens is 3. The fourth-order valence-corrected chi connectivity index (χ4v) is 2.81. The van der Waals surface area contributed by atoms with E-state index in [4.69, 9.17) is 11.6 Å². The van der Waals surface area contributed by atoms with Crippen molar-refractivity contribution in [2.75, 3.05) is 4.72 Å². The van der Waals surface area contributed by atoms with Gasteiger partial charge in [0.15, 0.2) is 0 Å². The fourth-order valence-electron chi connectivity index (χ4n) is 1.56. The Hall–Kier alpha value is -1.66. The van der Waals surface area contributed by atoms with Crippen molar-refractivity contribution in [2.45, 2.75) is 11.8 Å². The minimum atomic E-state index is -3.91. The van der Waals surface area contributed by atoms with Gasteiger partial charge in [-0.25, -0.2) is 17.2 Å². The highest BCUT2D eigenvalue weighted by molar-refractivity contribution is 7.92. The average molecular weight is 318 g/mol. The summed E-state index contributed by atoms with van der Waals surface area (Å²) in [6.45, 7) is 1.45. The van der Waals surface area contributed by atoms with Crippen molar-refractivity contribution < 1.29 is 17.2 Å². The van der Waals surface area contributed by atoms with Crippen LogP contribution in [-0.2, 0) is 10.0 Å². The molecule has 0 aliphatic heterocycles. The zero-order chi connectivity index (χ0) is 14.9. The van der Waals surface area contributed by atoms with E-state index in [0.717, 1.165) is 18.2 Å². The molecule has 7 heteroatoms. The Morgan fingerprint density at radius 2 is 1.75 bits per heavy atom. The molecule has 0 spiro atoms. The topological polar surface area (TPSA) is 46.2 Å². The summed E-state index contributed by atoms with van der Waals surface area (Å²) in [5.41, 5.74) is 0.240. The minimum Gasteiger partial charge on any atom is -0.280 e. The second-order valence-electron chi connectivity index (χ2n) is 4.15. The summed E-state index contributed by atoms with van der Waals surface area (Å²) in [6.07, 6.45) is 0. The van der Waals surface area contributed by atoms with E-state index in [0.29, 0.717) is 0 Å². The van der Waals surface area contributed by atoms with Crippen molar-refractivity contribution in [1.29, 1.82) is 0 Å². The van der Waals surface area contributed by atoms with E-state index in [1.807, 2.05) is 0 Å². The van der Waals surface area contributed by atoms with E-state index in [1.54, 1.807) is 0 Å². The predicted molar refractivity (Wildman–Crippen MR) is 73.4 cm³/mol. The summed E-state index contributed by atoms with van der Waals surface area (Å²) in [6, 6.07) is 6.94. The molecule has 2 rings (SSSR count). The second kappa shape index (κ2) is 5.38. The Balaban J connectivity index is 2.35. The molecular formula is C13H10ClF2NO2S. The Bertz CT molecular complexity index is 763. The third kappa shape index (κ3) is 3.08. The lowest BCUT2D eigenvalue weighted by Crippen LogP contribution is -2.13. The summed E-state index contributed by atoms with van der Waals surface area (Å²) in [7, 11) is -3.91. The maximum Gasteiger partial charge on any atom is 0.261 e. The third-order valence-electron chi connectivity index (χ3n) is 2.61. The number of benzene rings is 2. The van der Waals surface area contributed by atoms with Crippen LogP contribution in [0.25, 0.3) is 0 Å². The molecule has 3 nitrogen and oxygen atoms in total. The molecule has 106 valence electrons. The molecule has 20 heavy (non-hydrogen) atoms. The second-order valence-corrected chi connectivity index (χ2v) is 6.23. The van der Waals surface area contributed by atoms with Gasteiger partial charge in [-0.05, 0) is 48.9 Å². The first-order valence-electron chi connectivity index (χ1n) is 5.53. The molecule has 0 amide bonds. The van der Waals surface area contributed by atoms with Crippen LogP contribution >= 0.6 is 11.6 Å². The van der Waals surface area contributed by atoms with Crippen molar-refractivity contribution in [3.8, 4) is 0 Å². The first kappa shape index (κ1) is 14.7. The van der Waals surface area contributed by atoms with Gasteiger partial charge in [0.25, 0.3) is 10.0 Å². The van der Waals surface area contributed by atoms with Gasteiger partial charge in [-0.2, -0.15) is 0 Å². The number of aryl methyl sites for hydroxylation is 1. The number of nitrogens with one attached hydrogen (secondary N) is 1. The van der Waals surface area contributed by atoms with E-state index < -0.39 is 21.7 Å². The molecule has 0 atom stereocenters. The molecule has 0 aromatic heterocycles. The third-order valence-corrected chi connectivity index (χ3v) is 4.30.